The summed E-state index contributed by atoms with van der Waals surface area (Å²) >= 11 is 0. The summed E-state index contributed by atoms with van der Waals surface area (Å²) in [5, 5.41) is 7.47. The molecule has 0 unspecified atom stereocenters. The molecule has 6 heteroatoms. The molecule has 0 aliphatic carbocycles. The van der Waals surface area contributed by atoms with E-state index in [-0.39, 0.29) is 5.91 Å². The second kappa shape index (κ2) is 8.52. The van der Waals surface area contributed by atoms with Crippen LogP contribution >= 0.6 is 0 Å². The number of aromatic nitrogens is 2. The number of benzene rings is 2. The number of carbonyl (C=O) groups excluding carboxylic acids is 2. The minimum Gasteiger partial charge on any atom is -0.465 e. The van der Waals surface area contributed by atoms with Gasteiger partial charge in [0.15, 0.2) is 0 Å². The van der Waals surface area contributed by atoms with Gasteiger partial charge >= 0.3 is 5.97 Å². The predicted octanol–water partition coefficient (Wildman–Crippen LogP) is 3.85. The Kier molecular flexibility index (Phi) is 5.89. The molecule has 3 rings (SSSR count). The summed E-state index contributed by atoms with van der Waals surface area (Å²) in [5.74, 6) is -0.490. The van der Waals surface area contributed by atoms with Crippen molar-refractivity contribution in [3.63, 3.8) is 0 Å². The van der Waals surface area contributed by atoms with Crippen molar-refractivity contribution in [1.29, 1.82) is 0 Å². The van der Waals surface area contributed by atoms with Crippen molar-refractivity contribution < 1.29 is 14.3 Å². The Morgan fingerprint density at radius 3 is 2.36 bits per heavy atom. The number of rotatable bonds is 6. The number of aryl methyl sites for hydroxylation is 1. The van der Waals surface area contributed by atoms with Crippen LogP contribution in [0.1, 0.15) is 33.7 Å². The molecule has 0 atom stereocenters. The molecule has 1 amide bonds. The Hall–Kier alpha value is -3.41. The molecule has 0 bridgehead atoms. The number of nitrogens with zero attached hydrogens (tertiary/aromatic N) is 2. The van der Waals surface area contributed by atoms with Gasteiger partial charge in [0.05, 0.1) is 24.1 Å². The molecule has 1 aromatic heterocycles. The highest BCUT2D eigenvalue weighted by molar-refractivity contribution is 5.93. The minimum atomic E-state index is -0.403. The van der Waals surface area contributed by atoms with Crippen LogP contribution in [0.5, 0.6) is 0 Å². The first kappa shape index (κ1) is 19.4. The fourth-order valence-corrected chi connectivity index (χ4v) is 3.13. The van der Waals surface area contributed by atoms with E-state index in [2.05, 4.69) is 15.2 Å². The molecule has 0 fully saturated rings. The lowest BCUT2D eigenvalue weighted by Crippen LogP contribution is -2.13. The third-order valence-electron chi connectivity index (χ3n) is 4.63. The standard InChI is InChI=1S/C22H23N3O3/c1-15-20(16(2)25(24-15)19-7-5-4-6-8-19)13-14-21(26)23-18-11-9-17(10-12-18)22(27)28-3/h4-12H,13-14H2,1-3H3,(H,23,26). The molecule has 0 saturated carbocycles. The van der Waals surface area contributed by atoms with Gasteiger partial charge in [-0.25, -0.2) is 9.48 Å². The molecule has 1 N–H and O–H groups in total. The lowest BCUT2D eigenvalue weighted by molar-refractivity contribution is -0.116. The Bertz CT molecular complexity index is 976. The zero-order valence-electron chi connectivity index (χ0n) is 16.2. The number of carbonyl (C=O) groups is 2. The second-order valence-electron chi connectivity index (χ2n) is 6.51. The molecule has 0 radical (unpaired) electrons. The largest absolute Gasteiger partial charge is 0.465 e. The highest BCUT2D eigenvalue weighted by atomic mass is 16.5. The van der Waals surface area contributed by atoms with Gasteiger partial charge in [-0.05, 0) is 62.2 Å². The van der Waals surface area contributed by atoms with Gasteiger partial charge in [-0.1, -0.05) is 18.2 Å². The molecule has 3 aromatic rings. The van der Waals surface area contributed by atoms with Crippen LogP contribution in [-0.4, -0.2) is 28.8 Å². The van der Waals surface area contributed by atoms with Gasteiger partial charge in [-0.3, -0.25) is 4.79 Å². The van der Waals surface area contributed by atoms with Crippen LogP contribution in [0.3, 0.4) is 0 Å². The lowest BCUT2D eigenvalue weighted by Gasteiger charge is -2.07. The van der Waals surface area contributed by atoms with Gasteiger partial charge < -0.3 is 10.1 Å². The highest BCUT2D eigenvalue weighted by Crippen LogP contribution is 2.19. The fraction of sp³-hybridized carbons (Fsp3) is 0.227. The van der Waals surface area contributed by atoms with Gasteiger partial charge in [0, 0.05) is 17.8 Å². The molecular weight excluding hydrogens is 354 g/mol. The molecule has 2 aromatic carbocycles. The Morgan fingerprint density at radius 2 is 1.71 bits per heavy atom. The summed E-state index contributed by atoms with van der Waals surface area (Å²) in [6.07, 6.45) is 0.956. The van der Waals surface area contributed by atoms with E-state index < -0.39 is 5.97 Å². The van der Waals surface area contributed by atoms with Gasteiger partial charge in [0.2, 0.25) is 5.91 Å². The van der Waals surface area contributed by atoms with E-state index >= 15 is 0 Å². The van der Waals surface area contributed by atoms with Crippen LogP contribution in [0.2, 0.25) is 0 Å². The van der Waals surface area contributed by atoms with E-state index in [1.54, 1.807) is 24.3 Å². The maximum atomic E-state index is 12.3. The van der Waals surface area contributed by atoms with Crippen LogP contribution in [-0.2, 0) is 16.0 Å². The van der Waals surface area contributed by atoms with E-state index in [4.69, 9.17) is 0 Å². The number of nitrogens with one attached hydrogen (secondary N) is 1. The number of para-hydroxylation sites is 1. The smallest absolute Gasteiger partial charge is 0.337 e. The lowest BCUT2D eigenvalue weighted by atomic mass is 10.1. The van der Waals surface area contributed by atoms with Gasteiger partial charge in [-0.2, -0.15) is 5.10 Å². The maximum Gasteiger partial charge on any atom is 0.337 e. The summed E-state index contributed by atoms with van der Waals surface area (Å²) in [7, 11) is 1.34. The third kappa shape index (κ3) is 4.28. The molecule has 144 valence electrons. The minimum absolute atomic E-state index is 0.0860. The summed E-state index contributed by atoms with van der Waals surface area (Å²) in [6.45, 7) is 3.98. The normalized spacial score (nSPS) is 10.5. The third-order valence-corrected chi connectivity index (χ3v) is 4.63. The first-order valence-corrected chi connectivity index (χ1v) is 9.08. The number of hydrogen-bond acceptors (Lipinski definition) is 4. The monoisotopic (exact) mass is 377 g/mol. The van der Waals surface area contributed by atoms with Crippen LogP contribution < -0.4 is 5.32 Å². The van der Waals surface area contributed by atoms with E-state index in [1.165, 1.54) is 7.11 Å². The van der Waals surface area contributed by atoms with Crippen LogP contribution in [0.25, 0.3) is 5.69 Å². The summed E-state index contributed by atoms with van der Waals surface area (Å²) in [6, 6.07) is 16.6. The molecule has 0 aliphatic rings. The first-order valence-electron chi connectivity index (χ1n) is 9.08. The zero-order valence-corrected chi connectivity index (χ0v) is 16.2. The van der Waals surface area contributed by atoms with Crippen molar-refractivity contribution in [1.82, 2.24) is 9.78 Å². The molecule has 0 aliphatic heterocycles. The summed E-state index contributed by atoms with van der Waals surface area (Å²) < 4.78 is 6.58. The fourth-order valence-electron chi connectivity index (χ4n) is 3.13. The van der Waals surface area contributed by atoms with Gasteiger partial charge in [-0.15, -0.1) is 0 Å². The number of methoxy groups -OCH3 is 1. The molecule has 0 saturated heterocycles. The van der Waals surface area contributed by atoms with Crippen molar-refractivity contribution >= 4 is 17.6 Å². The molecule has 1 heterocycles. The average Bonchev–Trinajstić information content (AvgIpc) is 3.00. The van der Waals surface area contributed by atoms with Crippen LogP contribution in [0.4, 0.5) is 5.69 Å². The SMILES string of the molecule is COC(=O)c1ccc(NC(=O)CCc2c(C)nn(-c3ccccc3)c2C)cc1. The number of ether oxygens (including phenoxy) is 1. The Balaban J connectivity index is 1.63. The van der Waals surface area contributed by atoms with E-state index in [0.717, 1.165) is 22.6 Å². The van der Waals surface area contributed by atoms with Crippen LogP contribution in [0, 0.1) is 13.8 Å². The Labute approximate surface area is 164 Å². The number of anilines is 1. The highest BCUT2D eigenvalue weighted by Gasteiger charge is 2.14. The zero-order chi connectivity index (χ0) is 20.1. The maximum absolute atomic E-state index is 12.3. The Morgan fingerprint density at radius 1 is 1.04 bits per heavy atom. The van der Waals surface area contributed by atoms with E-state index in [9.17, 15) is 9.59 Å². The number of esters is 1. The van der Waals surface area contributed by atoms with Crippen molar-refractivity contribution in [2.75, 3.05) is 12.4 Å². The number of hydrogen-bond donors (Lipinski definition) is 1. The molecule has 0 spiro atoms. The quantitative estimate of drug-likeness (QED) is 0.662. The number of amides is 1. The van der Waals surface area contributed by atoms with Crippen molar-refractivity contribution in [2.45, 2.75) is 26.7 Å². The molecular formula is C22H23N3O3. The van der Waals surface area contributed by atoms with Gasteiger partial charge in [0.25, 0.3) is 0 Å². The molecule has 28 heavy (non-hydrogen) atoms. The van der Waals surface area contributed by atoms with Crippen molar-refractivity contribution in [3.05, 3.63) is 77.1 Å². The van der Waals surface area contributed by atoms with Crippen molar-refractivity contribution in [2.24, 2.45) is 0 Å². The van der Waals surface area contributed by atoms with Crippen LogP contribution in [0.15, 0.2) is 54.6 Å². The first-order chi connectivity index (χ1) is 13.5. The topological polar surface area (TPSA) is 73.2 Å². The second-order valence-corrected chi connectivity index (χ2v) is 6.51. The van der Waals surface area contributed by atoms with E-state index in [0.29, 0.717) is 24.1 Å². The van der Waals surface area contributed by atoms with Crippen molar-refractivity contribution in [3.8, 4) is 5.69 Å². The summed E-state index contributed by atoms with van der Waals surface area (Å²) in [5.41, 5.74) is 5.14. The molecule has 6 nitrogen and oxygen atoms in total. The van der Waals surface area contributed by atoms with E-state index in [1.807, 2.05) is 48.9 Å². The predicted molar refractivity (Wildman–Crippen MR) is 108 cm³/mol. The summed E-state index contributed by atoms with van der Waals surface area (Å²) in [4.78, 5) is 23.8. The van der Waals surface area contributed by atoms with Gasteiger partial charge in [0.1, 0.15) is 0 Å². The average molecular weight is 377 g/mol.